The van der Waals surface area contributed by atoms with Crippen LogP contribution in [-0.4, -0.2) is 13.1 Å². The lowest BCUT2D eigenvalue weighted by Crippen LogP contribution is -2.21. The minimum Gasteiger partial charge on any atom is -0.497 e. The Morgan fingerprint density at radius 1 is 1.09 bits per heavy atom. The summed E-state index contributed by atoms with van der Waals surface area (Å²) >= 11 is 13.7. The number of nitrogens with two attached hydrogens (primary N) is 1. The van der Waals surface area contributed by atoms with Gasteiger partial charge in [-0.3, -0.25) is 0 Å². The maximum Gasteiger partial charge on any atom is 0.355 e. The van der Waals surface area contributed by atoms with Gasteiger partial charge in [-0.25, -0.2) is 4.79 Å². The van der Waals surface area contributed by atoms with Gasteiger partial charge in [0.15, 0.2) is 0 Å². The molecule has 0 bridgehead atoms. The number of halogens is 2. The number of methoxy groups -OCH3 is 1. The first-order valence-corrected chi connectivity index (χ1v) is 11.9. The number of nitriles is 1. The average molecular weight is 523 g/mol. The van der Waals surface area contributed by atoms with Crippen molar-refractivity contribution in [1.29, 1.82) is 5.26 Å². The van der Waals surface area contributed by atoms with E-state index in [-0.39, 0.29) is 16.5 Å². The lowest BCUT2D eigenvalue weighted by Gasteiger charge is -2.26. The molecule has 0 fully saturated rings. The Hall–Kier alpha value is -3.70. The number of rotatable bonds is 4. The number of hydrogen-bond acceptors (Lipinski definition) is 7. The van der Waals surface area contributed by atoms with Crippen LogP contribution in [0.1, 0.15) is 26.7 Å². The van der Waals surface area contributed by atoms with E-state index in [1.54, 1.807) is 43.5 Å². The summed E-state index contributed by atoms with van der Waals surface area (Å²) < 4.78 is 17.3. The highest BCUT2D eigenvalue weighted by Crippen LogP contribution is 2.44. The van der Waals surface area contributed by atoms with Gasteiger partial charge >= 0.3 is 5.97 Å². The van der Waals surface area contributed by atoms with Gasteiger partial charge < -0.3 is 19.9 Å². The number of carbonyl (C=O) groups is 1. The maximum atomic E-state index is 12.9. The normalized spacial score (nSPS) is 14.7. The van der Waals surface area contributed by atoms with Crippen molar-refractivity contribution in [3.05, 3.63) is 98.2 Å². The second-order valence-corrected chi connectivity index (χ2v) is 9.54. The van der Waals surface area contributed by atoms with Gasteiger partial charge in [0.05, 0.1) is 18.1 Å². The zero-order valence-corrected chi connectivity index (χ0v) is 20.5. The van der Waals surface area contributed by atoms with E-state index in [1.165, 1.54) is 11.3 Å². The minimum absolute atomic E-state index is 0.00581. The van der Waals surface area contributed by atoms with Crippen LogP contribution < -0.4 is 19.9 Å². The van der Waals surface area contributed by atoms with Crippen molar-refractivity contribution >= 4 is 50.6 Å². The molecule has 0 saturated carbocycles. The fourth-order valence-corrected chi connectivity index (χ4v) is 5.62. The molecule has 6 nitrogen and oxygen atoms in total. The molecule has 5 rings (SSSR count). The molecule has 1 aromatic heterocycles. The molecule has 2 N–H and O–H groups in total. The van der Waals surface area contributed by atoms with Crippen molar-refractivity contribution in [3.8, 4) is 23.3 Å². The maximum absolute atomic E-state index is 12.9. The first-order chi connectivity index (χ1) is 16.9. The summed E-state index contributed by atoms with van der Waals surface area (Å²) in [5.41, 5.74) is 7.94. The van der Waals surface area contributed by atoms with Crippen LogP contribution in [0.25, 0.3) is 10.1 Å². The summed E-state index contributed by atoms with van der Waals surface area (Å²) in [7, 11) is 1.58. The molecule has 0 saturated heterocycles. The Bertz CT molecular complexity index is 1550. The summed E-state index contributed by atoms with van der Waals surface area (Å²) in [6.45, 7) is 0. The Morgan fingerprint density at radius 2 is 1.83 bits per heavy atom. The molecule has 0 spiro atoms. The molecule has 174 valence electrons. The third-order valence-corrected chi connectivity index (χ3v) is 7.50. The molecule has 0 radical (unpaired) electrons. The fourth-order valence-electron chi connectivity index (χ4n) is 3.96. The highest BCUT2D eigenvalue weighted by Gasteiger charge is 2.31. The molecule has 1 aliphatic rings. The molecule has 4 aromatic rings. The Kier molecular flexibility index (Phi) is 6.03. The van der Waals surface area contributed by atoms with Gasteiger partial charge in [-0.15, -0.1) is 11.3 Å². The van der Waals surface area contributed by atoms with E-state index in [0.29, 0.717) is 27.1 Å². The lowest BCUT2D eigenvalue weighted by atomic mass is 9.83. The molecule has 9 heteroatoms. The number of carbonyl (C=O) groups excluding carboxylic acids is 1. The van der Waals surface area contributed by atoms with Crippen LogP contribution >= 0.6 is 34.5 Å². The fraction of sp³-hybridized carbons (Fsp3) is 0.0769. The predicted molar refractivity (Wildman–Crippen MR) is 136 cm³/mol. The summed E-state index contributed by atoms with van der Waals surface area (Å²) in [4.78, 5) is 13.2. The number of allylic oxidation sites excluding steroid dienone is 1. The van der Waals surface area contributed by atoms with E-state index in [1.807, 2.05) is 24.3 Å². The Morgan fingerprint density at radius 3 is 2.54 bits per heavy atom. The van der Waals surface area contributed by atoms with E-state index < -0.39 is 11.9 Å². The van der Waals surface area contributed by atoms with Crippen molar-refractivity contribution in [2.45, 2.75) is 5.92 Å². The number of thiophene rings is 1. The molecule has 35 heavy (non-hydrogen) atoms. The van der Waals surface area contributed by atoms with Crippen LogP contribution in [0.4, 0.5) is 0 Å². The van der Waals surface area contributed by atoms with E-state index >= 15 is 0 Å². The van der Waals surface area contributed by atoms with Gasteiger partial charge in [0.1, 0.15) is 33.8 Å². The van der Waals surface area contributed by atoms with Crippen molar-refractivity contribution in [3.63, 3.8) is 0 Å². The van der Waals surface area contributed by atoms with Gasteiger partial charge in [0, 0.05) is 26.7 Å². The largest absolute Gasteiger partial charge is 0.497 e. The van der Waals surface area contributed by atoms with Crippen LogP contribution in [0, 0.1) is 11.3 Å². The third kappa shape index (κ3) is 4.17. The average Bonchev–Trinajstić information content (AvgIpc) is 3.18. The molecular weight excluding hydrogens is 507 g/mol. The highest BCUT2D eigenvalue weighted by molar-refractivity contribution is 7.21. The molecule has 3 aromatic carbocycles. The molecule has 1 unspecified atom stereocenters. The van der Waals surface area contributed by atoms with Crippen molar-refractivity contribution in [1.82, 2.24) is 0 Å². The Labute approximate surface area is 214 Å². The number of nitrogens with zero attached hydrogens (tertiary/aromatic N) is 1. The van der Waals surface area contributed by atoms with E-state index in [0.717, 1.165) is 21.2 Å². The van der Waals surface area contributed by atoms with Crippen molar-refractivity contribution < 1.29 is 19.0 Å². The van der Waals surface area contributed by atoms with E-state index in [9.17, 15) is 10.1 Å². The molecular formula is C26H16Cl2N2O4S. The van der Waals surface area contributed by atoms with Crippen molar-refractivity contribution in [2.24, 2.45) is 5.73 Å². The predicted octanol–water partition coefficient (Wildman–Crippen LogP) is 6.65. The molecule has 1 aliphatic heterocycles. The SMILES string of the molecule is COc1ccc(C2C(C#N)=C(N)Oc3cc(OC(=O)c4sc5cc(Cl)ccc5c4Cl)ccc32)cc1. The zero-order chi connectivity index (χ0) is 24.7. The van der Waals surface area contributed by atoms with Gasteiger partial charge in [-0.05, 0) is 35.9 Å². The summed E-state index contributed by atoms with van der Waals surface area (Å²) in [6, 6.07) is 19.7. The number of ether oxygens (including phenoxy) is 3. The summed E-state index contributed by atoms with van der Waals surface area (Å²) in [5.74, 6) is 0.288. The van der Waals surface area contributed by atoms with Crippen LogP contribution in [0.2, 0.25) is 10.0 Å². The Balaban J connectivity index is 1.48. The van der Waals surface area contributed by atoms with Gasteiger partial charge in [-0.2, -0.15) is 5.26 Å². The van der Waals surface area contributed by atoms with Crippen LogP contribution in [0.15, 0.2) is 72.1 Å². The monoisotopic (exact) mass is 522 g/mol. The first-order valence-electron chi connectivity index (χ1n) is 10.3. The topological polar surface area (TPSA) is 94.6 Å². The molecule has 1 atom stereocenters. The van der Waals surface area contributed by atoms with Crippen LogP contribution in [0.3, 0.4) is 0 Å². The van der Waals surface area contributed by atoms with Gasteiger partial charge in [-0.1, -0.05) is 47.5 Å². The van der Waals surface area contributed by atoms with E-state index in [2.05, 4.69) is 6.07 Å². The standard InChI is InChI=1S/C26H16Cl2N2O4S/c1-32-15-5-2-13(3-6-15)22-17-9-7-16(11-20(17)34-25(30)19(22)12-29)33-26(31)24-23(28)18-8-4-14(27)10-21(18)35-24/h2-11,22H,30H2,1H3. The quantitative estimate of drug-likeness (QED) is 0.238. The second-order valence-electron chi connectivity index (χ2n) is 7.67. The van der Waals surface area contributed by atoms with Gasteiger partial charge in [0.2, 0.25) is 5.88 Å². The van der Waals surface area contributed by atoms with E-state index in [4.69, 9.17) is 43.1 Å². The smallest absolute Gasteiger partial charge is 0.355 e. The lowest BCUT2D eigenvalue weighted by molar-refractivity contribution is 0.0740. The first kappa shape index (κ1) is 23.1. The van der Waals surface area contributed by atoms with Gasteiger partial charge in [0.25, 0.3) is 0 Å². The third-order valence-electron chi connectivity index (χ3n) is 5.63. The number of hydrogen-bond donors (Lipinski definition) is 1. The molecule has 0 amide bonds. The summed E-state index contributed by atoms with van der Waals surface area (Å²) in [6.07, 6.45) is 0. The number of fused-ring (bicyclic) bond motifs is 2. The second kappa shape index (κ2) is 9.16. The molecule has 2 heterocycles. The summed E-state index contributed by atoms with van der Waals surface area (Å²) in [5, 5.41) is 11.3. The highest BCUT2D eigenvalue weighted by atomic mass is 35.5. The van der Waals surface area contributed by atoms with Crippen LogP contribution in [-0.2, 0) is 0 Å². The molecule has 0 aliphatic carbocycles. The van der Waals surface area contributed by atoms with Crippen LogP contribution in [0.5, 0.6) is 17.2 Å². The number of benzene rings is 3. The minimum atomic E-state index is -0.601. The zero-order valence-electron chi connectivity index (χ0n) is 18.2. The number of esters is 1. The van der Waals surface area contributed by atoms with Crippen molar-refractivity contribution in [2.75, 3.05) is 7.11 Å².